The van der Waals surface area contributed by atoms with Gasteiger partial charge in [-0.15, -0.1) is 0 Å². The summed E-state index contributed by atoms with van der Waals surface area (Å²) in [7, 11) is 3.36. The third-order valence-electron chi connectivity index (χ3n) is 3.78. The summed E-state index contributed by atoms with van der Waals surface area (Å²) in [6.07, 6.45) is 0.796. The van der Waals surface area contributed by atoms with Crippen molar-refractivity contribution in [1.29, 1.82) is 0 Å². The van der Waals surface area contributed by atoms with Gasteiger partial charge in [0.15, 0.2) is 0 Å². The van der Waals surface area contributed by atoms with Crippen LogP contribution in [0, 0.1) is 5.41 Å². The molecule has 120 valence electrons. The van der Waals surface area contributed by atoms with Crippen molar-refractivity contribution in [3.63, 3.8) is 0 Å². The zero-order chi connectivity index (χ0) is 15.9. The van der Waals surface area contributed by atoms with Crippen LogP contribution in [0.15, 0.2) is 18.2 Å². The Morgan fingerprint density at radius 1 is 1.29 bits per heavy atom. The van der Waals surface area contributed by atoms with E-state index in [-0.39, 0.29) is 18.1 Å². The van der Waals surface area contributed by atoms with E-state index in [0.717, 1.165) is 24.3 Å². The number of aliphatic hydroxyl groups is 1. The Labute approximate surface area is 128 Å². The molecule has 0 aliphatic rings. The van der Waals surface area contributed by atoms with Crippen molar-refractivity contribution >= 4 is 0 Å². The molecule has 4 nitrogen and oxygen atoms in total. The topological polar surface area (TPSA) is 50.7 Å². The minimum Gasteiger partial charge on any atom is -0.496 e. The number of benzene rings is 1. The number of aliphatic hydroxyl groups excluding tert-OH is 1. The molecule has 1 rings (SSSR count). The molecule has 4 heteroatoms. The van der Waals surface area contributed by atoms with Crippen LogP contribution >= 0.6 is 0 Å². The second kappa shape index (κ2) is 8.37. The van der Waals surface area contributed by atoms with E-state index in [1.165, 1.54) is 5.56 Å². The fourth-order valence-electron chi connectivity index (χ4n) is 2.27. The Morgan fingerprint density at radius 2 is 2.00 bits per heavy atom. The Morgan fingerprint density at radius 3 is 2.57 bits per heavy atom. The second-order valence-corrected chi connectivity index (χ2v) is 6.24. The molecule has 0 aliphatic heterocycles. The molecule has 0 aromatic heterocycles. The van der Waals surface area contributed by atoms with Gasteiger partial charge in [0.05, 0.1) is 13.7 Å². The summed E-state index contributed by atoms with van der Waals surface area (Å²) in [5.74, 6) is 0.855. The average Bonchev–Trinajstić information content (AvgIpc) is 2.45. The van der Waals surface area contributed by atoms with Crippen molar-refractivity contribution in [3.05, 3.63) is 29.3 Å². The Bertz CT molecular complexity index is 432. The monoisotopic (exact) mass is 295 g/mol. The predicted octanol–water partition coefficient (Wildman–Crippen LogP) is 2.90. The molecule has 0 spiro atoms. The molecule has 1 unspecified atom stereocenters. The van der Waals surface area contributed by atoms with Gasteiger partial charge in [0.1, 0.15) is 5.75 Å². The lowest BCUT2D eigenvalue weighted by atomic mass is 9.89. The SMILES string of the molecule is COCc1cc(C(C)NCC(C)(C)CCO)ccc1OC. The van der Waals surface area contributed by atoms with Crippen LogP contribution < -0.4 is 10.1 Å². The van der Waals surface area contributed by atoms with Crippen molar-refractivity contribution in [2.75, 3.05) is 27.4 Å². The molecule has 0 saturated carbocycles. The number of ether oxygens (including phenoxy) is 2. The largest absolute Gasteiger partial charge is 0.496 e. The van der Waals surface area contributed by atoms with Gasteiger partial charge >= 0.3 is 0 Å². The zero-order valence-corrected chi connectivity index (χ0v) is 13.9. The molecule has 0 aliphatic carbocycles. The van der Waals surface area contributed by atoms with Crippen LogP contribution in [0.2, 0.25) is 0 Å². The summed E-state index contributed by atoms with van der Waals surface area (Å²) in [4.78, 5) is 0. The summed E-state index contributed by atoms with van der Waals surface area (Å²) >= 11 is 0. The Hall–Kier alpha value is -1.10. The van der Waals surface area contributed by atoms with Crippen LogP contribution in [0.5, 0.6) is 5.75 Å². The van der Waals surface area contributed by atoms with Gasteiger partial charge in [0, 0.05) is 31.9 Å². The van der Waals surface area contributed by atoms with Crippen molar-refractivity contribution in [1.82, 2.24) is 5.32 Å². The van der Waals surface area contributed by atoms with E-state index >= 15 is 0 Å². The highest BCUT2D eigenvalue weighted by Crippen LogP contribution is 2.25. The average molecular weight is 295 g/mol. The zero-order valence-electron chi connectivity index (χ0n) is 13.9. The van der Waals surface area contributed by atoms with E-state index in [9.17, 15) is 0 Å². The summed E-state index contributed by atoms with van der Waals surface area (Å²) in [5, 5.41) is 12.6. The van der Waals surface area contributed by atoms with Gasteiger partial charge in [-0.05, 0) is 36.5 Å². The van der Waals surface area contributed by atoms with Gasteiger partial charge in [0.25, 0.3) is 0 Å². The van der Waals surface area contributed by atoms with Crippen LogP contribution in [0.3, 0.4) is 0 Å². The molecular weight excluding hydrogens is 266 g/mol. The highest BCUT2D eigenvalue weighted by atomic mass is 16.5. The fraction of sp³-hybridized carbons (Fsp3) is 0.647. The quantitative estimate of drug-likeness (QED) is 0.735. The van der Waals surface area contributed by atoms with E-state index < -0.39 is 0 Å². The summed E-state index contributed by atoms with van der Waals surface area (Å²) in [6, 6.07) is 6.43. The molecule has 0 heterocycles. The van der Waals surface area contributed by atoms with Crippen LogP contribution in [-0.2, 0) is 11.3 Å². The van der Waals surface area contributed by atoms with E-state index in [1.807, 2.05) is 6.07 Å². The first-order valence-electron chi connectivity index (χ1n) is 7.43. The van der Waals surface area contributed by atoms with E-state index in [0.29, 0.717) is 6.61 Å². The van der Waals surface area contributed by atoms with Crippen molar-refractivity contribution in [3.8, 4) is 5.75 Å². The lowest BCUT2D eigenvalue weighted by molar-refractivity contribution is 0.181. The Balaban J connectivity index is 2.73. The third kappa shape index (κ3) is 5.65. The summed E-state index contributed by atoms with van der Waals surface area (Å²) in [5.41, 5.74) is 2.36. The van der Waals surface area contributed by atoms with Gasteiger partial charge in [-0.25, -0.2) is 0 Å². The molecular formula is C17H29NO3. The predicted molar refractivity (Wildman–Crippen MR) is 85.6 cm³/mol. The van der Waals surface area contributed by atoms with Crippen LogP contribution in [0.4, 0.5) is 0 Å². The smallest absolute Gasteiger partial charge is 0.124 e. The van der Waals surface area contributed by atoms with Gasteiger partial charge in [-0.3, -0.25) is 0 Å². The number of hydrogen-bond donors (Lipinski definition) is 2. The molecule has 0 radical (unpaired) electrons. The van der Waals surface area contributed by atoms with Crippen molar-refractivity contribution in [2.24, 2.45) is 5.41 Å². The molecule has 0 bridgehead atoms. The minimum absolute atomic E-state index is 0.0881. The maximum absolute atomic E-state index is 9.08. The van der Waals surface area contributed by atoms with Crippen molar-refractivity contribution < 1.29 is 14.6 Å². The number of nitrogens with one attached hydrogen (secondary N) is 1. The molecule has 0 fully saturated rings. The van der Waals surface area contributed by atoms with E-state index in [2.05, 4.69) is 38.2 Å². The standard InChI is InChI=1S/C17H29NO3/c1-13(18-12-17(2,3)8-9-19)14-6-7-16(21-5)15(10-14)11-20-4/h6-7,10,13,18-19H,8-9,11-12H2,1-5H3. The first kappa shape index (κ1) is 18.0. The summed E-state index contributed by atoms with van der Waals surface area (Å²) in [6.45, 7) is 8.09. The number of rotatable bonds is 9. The van der Waals surface area contributed by atoms with Gasteiger partial charge in [-0.1, -0.05) is 19.9 Å². The normalized spacial score (nSPS) is 13.2. The molecule has 1 aromatic rings. The molecule has 0 amide bonds. The first-order chi connectivity index (χ1) is 9.93. The van der Waals surface area contributed by atoms with Gasteiger partial charge < -0.3 is 19.9 Å². The number of methoxy groups -OCH3 is 2. The number of hydrogen-bond acceptors (Lipinski definition) is 4. The highest BCUT2D eigenvalue weighted by Gasteiger charge is 2.18. The van der Waals surface area contributed by atoms with Gasteiger partial charge in [0.2, 0.25) is 0 Å². The second-order valence-electron chi connectivity index (χ2n) is 6.24. The van der Waals surface area contributed by atoms with Gasteiger partial charge in [-0.2, -0.15) is 0 Å². The maximum atomic E-state index is 9.08. The molecule has 2 N–H and O–H groups in total. The first-order valence-corrected chi connectivity index (χ1v) is 7.43. The highest BCUT2D eigenvalue weighted by molar-refractivity contribution is 5.38. The minimum atomic E-state index is 0.0881. The van der Waals surface area contributed by atoms with Crippen molar-refractivity contribution in [2.45, 2.75) is 39.8 Å². The molecule has 1 atom stereocenters. The maximum Gasteiger partial charge on any atom is 0.124 e. The molecule has 1 aromatic carbocycles. The van der Waals surface area contributed by atoms with Crippen LogP contribution in [-0.4, -0.2) is 32.5 Å². The summed E-state index contributed by atoms with van der Waals surface area (Å²) < 4.78 is 10.6. The lowest BCUT2D eigenvalue weighted by Gasteiger charge is -2.27. The molecule has 21 heavy (non-hydrogen) atoms. The third-order valence-corrected chi connectivity index (χ3v) is 3.78. The molecule has 0 saturated heterocycles. The fourth-order valence-corrected chi connectivity index (χ4v) is 2.27. The van der Waals surface area contributed by atoms with Crippen LogP contribution in [0.25, 0.3) is 0 Å². The lowest BCUT2D eigenvalue weighted by Crippen LogP contribution is -2.32. The van der Waals surface area contributed by atoms with E-state index in [1.54, 1.807) is 14.2 Å². The van der Waals surface area contributed by atoms with E-state index in [4.69, 9.17) is 14.6 Å². The van der Waals surface area contributed by atoms with Crippen LogP contribution in [0.1, 0.15) is 44.4 Å². The Kier molecular flexibility index (Phi) is 7.15.